The first-order valence-corrected chi connectivity index (χ1v) is 19.5. The van der Waals surface area contributed by atoms with E-state index in [-0.39, 0.29) is 0 Å². The van der Waals surface area contributed by atoms with Gasteiger partial charge in [0.1, 0.15) is 5.58 Å². The largest absolute Gasteiger partial charge is 0.454 e. The lowest BCUT2D eigenvalue weighted by Crippen LogP contribution is -2.11. The first kappa shape index (κ1) is 31.6. The van der Waals surface area contributed by atoms with E-state index >= 15 is 0 Å². The number of nitrogens with zero attached hydrogens (tertiary/aromatic N) is 1. The first-order chi connectivity index (χ1) is 27.3. The number of rotatable bonds is 6. The van der Waals surface area contributed by atoms with Crippen LogP contribution in [-0.4, -0.2) is 0 Å². The molecular formula is C52H33NOS. The monoisotopic (exact) mass is 719 g/mol. The fourth-order valence-electron chi connectivity index (χ4n) is 8.34. The topological polar surface area (TPSA) is 16.4 Å². The van der Waals surface area contributed by atoms with Crippen LogP contribution in [0.1, 0.15) is 0 Å². The number of furan rings is 1. The zero-order chi connectivity index (χ0) is 36.3. The molecule has 0 saturated carbocycles. The second-order valence-electron chi connectivity index (χ2n) is 14.0. The van der Waals surface area contributed by atoms with E-state index in [9.17, 15) is 0 Å². The van der Waals surface area contributed by atoms with E-state index < -0.39 is 0 Å². The third kappa shape index (κ3) is 5.24. The average Bonchev–Trinajstić information content (AvgIpc) is 3.83. The minimum atomic E-state index is 0.862. The van der Waals surface area contributed by atoms with Crippen LogP contribution >= 0.6 is 11.3 Å². The van der Waals surface area contributed by atoms with Gasteiger partial charge in [0.05, 0.1) is 11.4 Å². The highest BCUT2D eigenvalue weighted by atomic mass is 32.1. The van der Waals surface area contributed by atoms with Gasteiger partial charge in [0, 0.05) is 42.0 Å². The molecule has 2 nitrogen and oxygen atoms in total. The molecule has 3 heteroatoms. The highest BCUT2D eigenvalue weighted by Crippen LogP contribution is 2.48. The second-order valence-corrected chi connectivity index (χ2v) is 15.1. The van der Waals surface area contributed by atoms with Crippen molar-refractivity contribution in [1.29, 1.82) is 0 Å². The van der Waals surface area contributed by atoms with Gasteiger partial charge in [-0.15, -0.1) is 11.3 Å². The van der Waals surface area contributed by atoms with Gasteiger partial charge in [-0.3, -0.25) is 0 Å². The lowest BCUT2D eigenvalue weighted by Gasteiger charge is -2.28. The highest BCUT2D eigenvalue weighted by molar-refractivity contribution is 7.25. The number of hydrogen-bond donors (Lipinski definition) is 0. The molecule has 258 valence electrons. The molecule has 0 amide bonds. The Kier molecular flexibility index (Phi) is 7.39. The van der Waals surface area contributed by atoms with Crippen molar-refractivity contribution < 1.29 is 4.42 Å². The Morgan fingerprint density at radius 3 is 1.80 bits per heavy atom. The van der Waals surface area contributed by atoms with E-state index in [1.807, 2.05) is 17.4 Å². The molecule has 0 spiro atoms. The molecule has 11 rings (SSSR count). The average molecular weight is 720 g/mol. The molecule has 2 aromatic heterocycles. The Labute approximate surface area is 322 Å². The molecule has 9 aromatic carbocycles. The van der Waals surface area contributed by atoms with Gasteiger partial charge >= 0.3 is 0 Å². The van der Waals surface area contributed by atoms with Crippen LogP contribution < -0.4 is 4.90 Å². The highest BCUT2D eigenvalue weighted by Gasteiger charge is 2.23. The van der Waals surface area contributed by atoms with E-state index in [1.165, 1.54) is 58.9 Å². The molecule has 0 bridgehead atoms. The SMILES string of the molecule is c1ccc(-c2cc(N(c3ccc(-c4ccccc4)c4ccccc34)c3cccc4c3oc3ccccc34)ccc2-c2ccc3c(c2)sc2ccccc23)cc1. The van der Waals surface area contributed by atoms with Crippen molar-refractivity contribution in [3.63, 3.8) is 0 Å². The zero-order valence-corrected chi connectivity index (χ0v) is 30.6. The fraction of sp³-hybridized carbons (Fsp3) is 0. The van der Waals surface area contributed by atoms with Gasteiger partial charge in [0.25, 0.3) is 0 Å². The minimum absolute atomic E-state index is 0.862. The lowest BCUT2D eigenvalue weighted by atomic mass is 9.92. The van der Waals surface area contributed by atoms with Crippen LogP contribution in [0.5, 0.6) is 0 Å². The fourth-order valence-corrected chi connectivity index (χ4v) is 9.48. The van der Waals surface area contributed by atoms with Crippen molar-refractivity contribution in [2.45, 2.75) is 0 Å². The first-order valence-electron chi connectivity index (χ1n) is 18.7. The predicted octanol–water partition coefficient (Wildman–Crippen LogP) is 15.6. The summed E-state index contributed by atoms with van der Waals surface area (Å²) in [5, 5.41) is 7.19. The normalized spacial score (nSPS) is 11.6. The quantitative estimate of drug-likeness (QED) is 0.170. The van der Waals surface area contributed by atoms with Crippen molar-refractivity contribution in [2.75, 3.05) is 4.90 Å². The molecule has 55 heavy (non-hydrogen) atoms. The van der Waals surface area contributed by atoms with E-state index in [0.717, 1.165) is 44.4 Å². The molecule has 0 atom stereocenters. The van der Waals surface area contributed by atoms with E-state index in [4.69, 9.17) is 4.42 Å². The standard InChI is InChI=1S/C52H33NOS/c1-3-14-34(15-4-1)38-30-31-47(41-19-8-7-18-40(38)41)53(48-23-13-22-45-42-20-9-11-24-49(42)54-52(45)48)37-27-29-39(46(33-37)35-16-5-2-6-17-35)36-26-28-44-43-21-10-12-25-50(43)55-51(44)32-36/h1-33H. The third-order valence-corrected chi connectivity index (χ3v) is 12.0. The maximum absolute atomic E-state index is 6.75. The number of hydrogen-bond acceptors (Lipinski definition) is 3. The summed E-state index contributed by atoms with van der Waals surface area (Å²) in [5.74, 6) is 0. The molecule has 0 aliphatic rings. The smallest absolute Gasteiger partial charge is 0.159 e. The Balaban J connectivity index is 1.18. The van der Waals surface area contributed by atoms with Crippen molar-refractivity contribution in [2.24, 2.45) is 0 Å². The van der Waals surface area contributed by atoms with Crippen molar-refractivity contribution in [1.82, 2.24) is 0 Å². The second kappa shape index (κ2) is 12.9. The summed E-state index contributed by atoms with van der Waals surface area (Å²) >= 11 is 1.86. The number of fused-ring (bicyclic) bond motifs is 7. The van der Waals surface area contributed by atoms with Gasteiger partial charge in [-0.25, -0.2) is 0 Å². The summed E-state index contributed by atoms with van der Waals surface area (Å²) in [5.41, 5.74) is 12.0. The predicted molar refractivity (Wildman–Crippen MR) is 235 cm³/mol. The zero-order valence-electron chi connectivity index (χ0n) is 29.8. The number of para-hydroxylation sites is 2. The van der Waals surface area contributed by atoms with Crippen LogP contribution in [0.2, 0.25) is 0 Å². The van der Waals surface area contributed by atoms with E-state index in [2.05, 4.69) is 199 Å². The Morgan fingerprint density at radius 1 is 0.345 bits per heavy atom. The summed E-state index contributed by atoms with van der Waals surface area (Å²) in [4.78, 5) is 2.40. The molecule has 0 N–H and O–H groups in total. The third-order valence-electron chi connectivity index (χ3n) is 10.9. The van der Waals surface area contributed by atoms with Gasteiger partial charge in [-0.05, 0) is 81.2 Å². The molecule has 0 unspecified atom stereocenters. The molecule has 11 aromatic rings. The maximum atomic E-state index is 6.75. The molecule has 0 aliphatic carbocycles. The summed E-state index contributed by atoms with van der Waals surface area (Å²) in [6.45, 7) is 0. The van der Waals surface area contributed by atoms with Gasteiger partial charge in [-0.1, -0.05) is 158 Å². The molecule has 0 aliphatic heterocycles. The minimum Gasteiger partial charge on any atom is -0.454 e. The number of benzene rings is 9. The van der Waals surface area contributed by atoms with E-state index in [1.54, 1.807) is 0 Å². The van der Waals surface area contributed by atoms with Crippen molar-refractivity contribution in [3.8, 4) is 33.4 Å². The molecular weight excluding hydrogens is 687 g/mol. The summed E-state index contributed by atoms with van der Waals surface area (Å²) in [6, 6.07) is 72.2. The molecule has 0 radical (unpaired) electrons. The van der Waals surface area contributed by atoms with Crippen LogP contribution in [0.4, 0.5) is 17.1 Å². The molecule has 0 saturated heterocycles. The van der Waals surface area contributed by atoms with Gasteiger partial charge in [0.2, 0.25) is 0 Å². The maximum Gasteiger partial charge on any atom is 0.159 e. The van der Waals surface area contributed by atoms with Crippen LogP contribution in [0.15, 0.2) is 205 Å². The molecule has 2 heterocycles. The van der Waals surface area contributed by atoms with E-state index in [0.29, 0.717) is 0 Å². The van der Waals surface area contributed by atoms with Gasteiger partial charge in [-0.2, -0.15) is 0 Å². The van der Waals surface area contributed by atoms with Crippen molar-refractivity contribution in [3.05, 3.63) is 200 Å². The number of thiophene rings is 1. The summed E-state index contributed by atoms with van der Waals surface area (Å²) in [7, 11) is 0. The Morgan fingerprint density at radius 2 is 0.982 bits per heavy atom. The van der Waals surface area contributed by atoms with Crippen LogP contribution in [0.25, 0.3) is 86.3 Å². The van der Waals surface area contributed by atoms with Gasteiger partial charge < -0.3 is 9.32 Å². The van der Waals surface area contributed by atoms with Crippen LogP contribution in [0.3, 0.4) is 0 Å². The Bertz CT molecular complexity index is 3210. The lowest BCUT2D eigenvalue weighted by molar-refractivity contribution is 0.669. The Hall–Kier alpha value is -6.94. The number of anilines is 3. The van der Waals surface area contributed by atoms with Gasteiger partial charge in [0.15, 0.2) is 5.58 Å². The van der Waals surface area contributed by atoms with Crippen LogP contribution in [0, 0.1) is 0 Å². The van der Waals surface area contributed by atoms with Crippen molar-refractivity contribution >= 4 is 81.3 Å². The summed E-state index contributed by atoms with van der Waals surface area (Å²) in [6.07, 6.45) is 0. The molecule has 0 fully saturated rings. The van der Waals surface area contributed by atoms with Crippen LogP contribution in [-0.2, 0) is 0 Å². The summed E-state index contributed by atoms with van der Waals surface area (Å²) < 4.78 is 9.36.